The Balaban J connectivity index is 1.64. The Kier molecular flexibility index (Phi) is 4.95. The summed E-state index contributed by atoms with van der Waals surface area (Å²) in [6.07, 6.45) is 8.45. The predicted octanol–water partition coefficient (Wildman–Crippen LogP) is 5.04. The number of hydrogen-bond acceptors (Lipinski definition) is 4. The highest BCUT2D eigenvalue weighted by Crippen LogP contribution is 2.50. The van der Waals surface area contributed by atoms with Crippen molar-refractivity contribution in [3.05, 3.63) is 51.3 Å². The second-order valence-corrected chi connectivity index (χ2v) is 9.74. The summed E-state index contributed by atoms with van der Waals surface area (Å²) in [5, 5.41) is 0. The second-order valence-electron chi connectivity index (χ2n) is 9.74. The first-order valence-electron chi connectivity index (χ1n) is 11.7. The molecule has 1 spiro atoms. The van der Waals surface area contributed by atoms with Gasteiger partial charge in [-0.15, -0.1) is 0 Å². The van der Waals surface area contributed by atoms with E-state index >= 15 is 0 Å². The van der Waals surface area contributed by atoms with Gasteiger partial charge in [-0.25, -0.2) is 4.79 Å². The van der Waals surface area contributed by atoms with Gasteiger partial charge >= 0.3 is 5.97 Å². The Labute approximate surface area is 183 Å². The third kappa shape index (κ3) is 3.48. The van der Waals surface area contributed by atoms with Crippen molar-refractivity contribution in [1.29, 1.82) is 0 Å². The van der Waals surface area contributed by atoms with Crippen LogP contribution in [0.15, 0.2) is 29.2 Å². The lowest BCUT2D eigenvalue weighted by Crippen LogP contribution is -2.46. The summed E-state index contributed by atoms with van der Waals surface area (Å²) in [4.78, 5) is 25.2. The summed E-state index contributed by atoms with van der Waals surface area (Å²) < 4.78 is 13.6. The number of carbonyl (C=O) groups is 1. The molecule has 2 aliphatic carbocycles. The van der Waals surface area contributed by atoms with Crippen molar-refractivity contribution in [2.75, 3.05) is 13.2 Å². The Morgan fingerprint density at radius 2 is 2.00 bits per heavy atom. The lowest BCUT2D eigenvalue weighted by molar-refractivity contribution is 0.0521. The van der Waals surface area contributed by atoms with Crippen LogP contribution in [0.1, 0.15) is 80.3 Å². The molecule has 164 valence electrons. The van der Waals surface area contributed by atoms with Gasteiger partial charge in [-0.05, 0) is 80.5 Å². The van der Waals surface area contributed by atoms with Crippen LogP contribution in [0.25, 0.3) is 11.3 Å². The van der Waals surface area contributed by atoms with Crippen LogP contribution in [0.2, 0.25) is 0 Å². The molecule has 0 bridgehead atoms. The normalized spacial score (nSPS) is 18.3. The van der Waals surface area contributed by atoms with Crippen molar-refractivity contribution in [1.82, 2.24) is 4.57 Å². The molecule has 0 amide bonds. The molecule has 0 radical (unpaired) electrons. The first kappa shape index (κ1) is 20.3. The van der Waals surface area contributed by atoms with Crippen LogP contribution in [0.4, 0.5) is 0 Å². The number of esters is 1. The van der Waals surface area contributed by atoms with Crippen LogP contribution >= 0.6 is 0 Å². The number of benzene rings is 1. The molecule has 2 aromatic rings. The molecule has 3 aliphatic rings. The number of nitrogens with zero attached hydrogens (tertiary/aromatic N) is 1. The molecule has 0 saturated heterocycles. The lowest BCUT2D eigenvalue weighted by atomic mass is 9.69. The molecule has 2 fully saturated rings. The maximum absolute atomic E-state index is 12.9. The summed E-state index contributed by atoms with van der Waals surface area (Å²) in [6, 6.07) is 6.07. The number of fused-ring (bicyclic) bond motifs is 4. The molecule has 5 nitrogen and oxygen atoms in total. The maximum Gasteiger partial charge on any atom is 0.343 e. The minimum atomic E-state index is -0.533. The number of carbonyl (C=O) groups excluding carboxylic acids is 1. The topological polar surface area (TPSA) is 57.5 Å². The highest BCUT2D eigenvalue weighted by atomic mass is 16.5. The van der Waals surface area contributed by atoms with Crippen molar-refractivity contribution in [3.63, 3.8) is 0 Å². The van der Waals surface area contributed by atoms with E-state index in [0.717, 1.165) is 49.3 Å². The van der Waals surface area contributed by atoms with Gasteiger partial charge in [-0.1, -0.05) is 13.8 Å². The summed E-state index contributed by atoms with van der Waals surface area (Å²) in [7, 11) is 0. The maximum atomic E-state index is 12.9. The molecule has 5 heteroatoms. The van der Waals surface area contributed by atoms with Gasteiger partial charge < -0.3 is 14.0 Å². The summed E-state index contributed by atoms with van der Waals surface area (Å²) >= 11 is 0. The number of rotatable bonds is 6. The van der Waals surface area contributed by atoms with E-state index in [1.807, 2.05) is 0 Å². The van der Waals surface area contributed by atoms with E-state index in [0.29, 0.717) is 11.8 Å². The molecule has 0 N–H and O–H groups in total. The fraction of sp³-hybridized carbons (Fsp3) is 0.538. The molecule has 2 saturated carbocycles. The van der Waals surface area contributed by atoms with Crippen molar-refractivity contribution in [2.24, 2.45) is 5.92 Å². The summed E-state index contributed by atoms with van der Waals surface area (Å²) in [6.45, 7) is 7.17. The Hall–Kier alpha value is -2.56. The number of pyridine rings is 1. The van der Waals surface area contributed by atoms with E-state index in [2.05, 4.69) is 30.5 Å². The standard InChI is InChI=1S/C26H31NO4/c1-4-30-25(29)21-14-27-22(12-23(21)28)20-11-19(16(2)3)24(31-15-17-6-7-17)10-18(20)13-26(27)8-5-9-26/h10-12,14,16-17H,4-9,13,15H2,1-3H3. The van der Waals surface area contributed by atoms with Gasteiger partial charge in [0.15, 0.2) is 5.43 Å². The minimum Gasteiger partial charge on any atom is -0.493 e. The fourth-order valence-electron chi connectivity index (χ4n) is 5.03. The SMILES string of the molecule is CCOC(=O)c1cn2c(cc1=O)-c1cc(C(C)C)c(OCC3CC3)cc1CC21CCC1. The van der Waals surface area contributed by atoms with Gasteiger partial charge in [0.05, 0.1) is 18.9 Å². The molecular weight excluding hydrogens is 390 g/mol. The van der Waals surface area contributed by atoms with Gasteiger partial charge in [-0.3, -0.25) is 4.79 Å². The van der Waals surface area contributed by atoms with E-state index in [-0.39, 0.29) is 23.1 Å². The minimum absolute atomic E-state index is 0.0651. The van der Waals surface area contributed by atoms with Crippen molar-refractivity contribution >= 4 is 5.97 Å². The van der Waals surface area contributed by atoms with Gasteiger partial charge in [0, 0.05) is 23.4 Å². The summed E-state index contributed by atoms with van der Waals surface area (Å²) in [5.74, 6) is 1.48. The smallest absolute Gasteiger partial charge is 0.343 e. The zero-order valence-electron chi connectivity index (χ0n) is 18.7. The molecule has 1 aromatic carbocycles. The van der Waals surface area contributed by atoms with Gasteiger partial charge in [0.25, 0.3) is 0 Å². The Morgan fingerprint density at radius 1 is 1.23 bits per heavy atom. The highest BCUT2D eigenvalue weighted by Gasteiger charge is 2.44. The van der Waals surface area contributed by atoms with Crippen LogP contribution in [0.5, 0.6) is 5.75 Å². The molecule has 0 atom stereocenters. The molecule has 0 unspecified atom stereocenters. The third-order valence-electron chi connectivity index (χ3n) is 7.17. The monoisotopic (exact) mass is 421 g/mol. The third-order valence-corrected chi connectivity index (χ3v) is 7.17. The highest BCUT2D eigenvalue weighted by molar-refractivity contribution is 5.89. The Bertz CT molecular complexity index is 1090. The molecule has 1 aliphatic heterocycles. The van der Waals surface area contributed by atoms with Crippen LogP contribution < -0.4 is 10.2 Å². The average molecular weight is 422 g/mol. The largest absolute Gasteiger partial charge is 0.493 e. The molecule has 2 heterocycles. The zero-order chi connectivity index (χ0) is 21.8. The molecule has 5 rings (SSSR count). The predicted molar refractivity (Wildman–Crippen MR) is 120 cm³/mol. The number of aromatic nitrogens is 1. The molecular formula is C26H31NO4. The number of ether oxygens (including phenoxy) is 2. The van der Waals surface area contributed by atoms with E-state index in [1.165, 1.54) is 24.0 Å². The van der Waals surface area contributed by atoms with E-state index < -0.39 is 5.97 Å². The van der Waals surface area contributed by atoms with E-state index in [1.54, 1.807) is 19.2 Å². The van der Waals surface area contributed by atoms with Crippen molar-refractivity contribution in [3.8, 4) is 17.0 Å². The van der Waals surface area contributed by atoms with Gasteiger partial charge in [0.1, 0.15) is 11.3 Å². The average Bonchev–Trinajstić information content (AvgIpc) is 3.53. The quantitative estimate of drug-likeness (QED) is 0.613. The zero-order valence-corrected chi connectivity index (χ0v) is 18.7. The van der Waals surface area contributed by atoms with E-state index in [9.17, 15) is 9.59 Å². The first-order valence-corrected chi connectivity index (χ1v) is 11.7. The summed E-state index contributed by atoms with van der Waals surface area (Å²) in [5.41, 5.74) is 4.23. The lowest BCUT2D eigenvalue weighted by Gasteiger charge is -2.49. The van der Waals surface area contributed by atoms with Crippen molar-refractivity contribution in [2.45, 2.75) is 70.8 Å². The Morgan fingerprint density at radius 3 is 2.61 bits per heavy atom. The van der Waals surface area contributed by atoms with Crippen molar-refractivity contribution < 1.29 is 14.3 Å². The van der Waals surface area contributed by atoms with E-state index in [4.69, 9.17) is 9.47 Å². The van der Waals surface area contributed by atoms with Gasteiger partial charge in [-0.2, -0.15) is 0 Å². The first-order chi connectivity index (χ1) is 14.9. The molecule has 1 aromatic heterocycles. The van der Waals surface area contributed by atoms with Crippen LogP contribution in [-0.2, 0) is 16.7 Å². The second kappa shape index (κ2) is 7.54. The van der Waals surface area contributed by atoms with Crippen LogP contribution in [0.3, 0.4) is 0 Å². The van der Waals surface area contributed by atoms with Crippen LogP contribution in [-0.4, -0.2) is 23.8 Å². The molecule has 31 heavy (non-hydrogen) atoms. The van der Waals surface area contributed by atoms with Gasteiger partial charge in [0.2, 0.25) is 0 Å². The number of hydrogen-bond donors (Lipinski definition) is 0. The fourth-order valence-corrected chi connectivity index (χ4v) is 5.03. The van der Waals surface area contributed by atoms with Crippen LogP contribution in [0, 0.1) is 5.92 Å².